The van der Waals surface area contributed by atoms with Gasteiger partial charge in [0.05, 0.1) is 5.69 Å². The van der Waals surface area contributed by atoms with E-state index in [1.165, 1.54) is 17.6 Å². The molecular formula is C22H23N5OS. The first-order valence-corrected chi connectivity index (χ1v) is 10.4. The Morgan fingerprint density at radius 1 is 1.21 bits per heavy atom. The second-order valence-electron chi connectivity index (χ2n) is 6.91. The van der Waals surface area contributed by atoms with Crippen molar-refractivity contribution in [3.8, 4) is 11.1 Å². The zero-order valence-corrected chi connectivity index (χ0v) is 17.2. The van der Waals surface area contributed by atoms with Gasteiger partial charge in [-0.2, -0.15) is 0 Å². The number of carbonyl (C=O) groups excluding carboxylic acids is 1. The van der Waals surface area contributed by atoms with E-state index >= 15 is 0 Å². The molecule has 0 atom stereocenters. The topological polar surface area (TPSA) is 89.9 Å². The van der Waals surface area contributed by atoms with Crippen LogP contribution in [0.15, 0.2) is 36.4 Å². The lowest BCUT2D eigenvalue weighted by atomic mass is 9.94. The molecule has 2 heterocycles. The molecule has 0 unspecified atom stereocenters. The minimum atomic E-state index is -0.180. The maximum Gasteiger partial charge on any atom is 0.284 e. The molecule has 0 saturated heterocycles. The van der Waals surface area contributed by atoms with Gasteiger partial charge in [0.2, 0.25) is 0 Å². The summed E-state index contributed by atoms with van der Waals surface area (Å²) in [4.78, 5) is 18.5. The second kappa shape index (κ2) is 8.14. The lowest BCUT2D eigenvalue weighted by Crippen LogP contribution is -2.22. The molecule has 0 spiro atoms. The Labute approximate surface area is 173 Å². The van der Waals surface area contributed by atoms with Crippen LogP contribution in [0, 0.1) is 12.3 Å². The second-order valence-corrected chi connectivity index (χ2v) is 7.99. The van der Waals surface area contributed by atoms with Crippen LogP contribution in [0.4, 0.5) is 11.4 Å². The molecule has 0 aliphatic carbocycles. The Bertz CT molecular complexity index is 1070. The number of rotatable bonds is 5. The molecule has 0 saturated carbocycles. The van der Waals surface area contributed by atoms with Crippen molar-refractivity contribution < 1.29 is 4.79 Å². The molecule has 0 bridgehead atoms. The average Bonchev–Trinajstić information content (AvgIpc) is 3.19. The summed E-state index contributed by atoms with van der Waals surface area (Å²) < 4.78 is 0. The van der Waals surface area contributed by atoms with Crippen LogP contribution in [0.2, 0.25) is 0 Å². The quantitative estimate of drug-likeness (QED) is 0.482. The number of thiazole rings is 1. The van der Waals surface area contributed by atoms with Gasteiger partial charge in [-0.15, -0.1) is 11.3 Å². The number of hydrogen-bond donors (Lipinski definition) is 4. The highest BCUT2D eigenvalue weighted by atomic mass is 32.1. The normalized spacial score (nSPS) is 12.9. The van der Waals surface area contributed by atoms with E-state index in [-0.39, 0.29) is 5.91 Å². The molecule has 29 heavy (non-hydrogen) atoms. The van der Waals surface area contributed by atoms with Crippen LogP contribution in [0.5, 0.6) is 0 Å². The molecule has 4 N–H and O–H groups in total. The number of benzene rings is 2. The number of nitrogens with one attached hydrogen (secondary N) is 4. The van der Waals surface area contributed by atoms with E-state index in [0.717, 1.165) is 63.7 Å². The lowest BCUT2D eigenvalue weighted by molar-refractivity contribution is 0.102. The standard InChI is InChI=1S/C22H23N5OS/c1-13-14(15-6-4-8-18(24-2)16(15)11-23)5-3-7-17(13)26-21(28)22-27-19-9-10-25-12-20(19)29-22/h3-8,11,23-25H,9-10,12H2,1-2H3,(H,26,28). The van der Waals surface area contributed by atoms with E-state index in [2.05, 4.69) is 20.9 Å². The molecule has 7 heteroatoms. The summed E-state index contributed by atoms with van der Waals surface area (Å²) in [5, 5.41) is 17.8. The van der Waals surface area contributed by atoms with Crippen LogP contribution in [0.1, 0.15) is 31.5 Å². The molecule has 1 aromatic heterocycles. The van der Waals surface area contributed by atoms with Gasteiger partial charge in [0.1, 0.15) is 0 Å². The van der Waals surface area contributed by atoms with E-state index in [4.69, 9.17) is 5.41 Å². The van der Waals surface area contributed by atoms with Crippen molar-refractivity contribution in [3.05, 3.63) is 63.1 Å². The summed E-state index contributed by atoms with van der Waals surface area (Å²) in [6, 6.07) is 11.8. The third-order valence-corrected chi connectivity index (χ3v) is 6.28. The van der Waals surface area contributed by atoms with Crippen molar-refractivity contribution in [1.29, 1.82) is 5.41 Å². The summed E-state index contributed by atoms with van der Waals surface area (Å²) in [6.45, 7) is 3.67. The highest BCUT2D eigenvalue weighted by Crippen LogP contribution is 2.33. The molecule has 1 aliphatic heterocycles. The van der Waals surface area contributed by atoms with Crippen LogP contribution in [0.3, 0.4) is 0 Å². The number of aromatic nitrogens is 1. The van der Waals surface area contributed by atoms with Crippen LogP contribution in [0.25, 0.3) is 11.1 Å². The number of amides is 1. The SMILES string of the molecule is CNc1cccc(-c2cccc(NC(=O)c3nc4c(s3)CNCC4)c2C)c1C=N. The first-order chi connectivity index (χ1) is 14.1. The first-order valence-electron chi connectivity index (χ1n) is 9.54. The Morgan fingerprint density at radius 2 is 1.97 bits per heavy atom. The van der Waals surface area contributed by atoms with E-state index in [1.54, 1.807) is 0 Å². The summed E-state index contributed by atoms with van der Waals surface area (Å²) >= 11 is 1.46. The van der Waals surface area contributed by atoms with Crippen molar-refractivity contribution >= 4 is 34.8 Å². The molecule has 1 amide bonds. The lowest BCUT2D eigenvalue weighted by Gasteiger charge is -2.16. The molecule has 0 fully saturated rings. The fourth-order valence-corrected chi connectivity index (χ4v) is 4.61. The summed E-state index contributed by atoms with van der Waals surface area (Å²) in [7, 11) is 1.85. The Kier molecular flexibility index (Phi) is 5.42. The fraction of sp³-hybridized carbons (Fsp3) is 0.227. The highest BCUT2D eigenvalue weighted by Gasteiger charge is 2.20. The zero-order valence-electron chi connectivity index (χ0n) is 16.4. The smallest absolute Gasteiger partial charge is 0.284 e. The molecule has 2 aromatic carbocycles. The number of hydrogen-bond acceptors (Lipinski definition) is 6. The monoisotopic (exact) mass is 405 g/mol. The van der Waals surface area contributed by atoms with Crippen molar-refractivity contribution in [1.82, 2.24) is 10.3 Å². The van der Waals surface area contributed by atoms with Gasteiger partial charge < -0.3 is 21.4 Å². The predicted octanol–water partition coefficient (Wildman–Crippen LogP) is 4.06. The minimum Gasteiger partial charge on any atom is -0.388 e. The summed E-state index contributed by atoms with van der Waals surface area (Å²) in [6.07, 6.45) is 2.22. The van der Waals surface area contributed by atoms with E-state index in [1.807, 2.05) is 50.4 Å². The molecule has 6 nitrogen and oxygen atoms in total. The van der Waals surface area contributed by atoms with Gasteiger partial charge in [-0.1, -0.05) is 24.3 Å². The van der Waals surface area contributed by atoms with E-state index in [0.29, 0.717) is 5.01 Å². The largest absolute Gasteiger partial charge is 0.388 e. The van der Waals surface area contributed by atoms with Crippen LogP contribution in [-0.2, 0) is 13.0 Å². The summed E-state index contributed by atoms with van der Waals surface area (Å²) in [5.41, 5.74) is 6.40. The van der Waals surface area contributed by atoms with Crippen molar-refractivity contribution in [2.24, 2.45) is 0 Å². The third kappa shape index (κ3) is 3.66. The molecule has 3 aromatic rings. The van der Waals surface area contributed by atoms with E-state index in [9.17, 15) is 4.79 Å². The molecular weight excluding hydrogens is 382 g/mol. The molecule has 4 rings (SSSR count). The van der Waals surface area contributed by atoms with Crippen LogP contribution < -0.4 is 16.0 Å². The fourth-order valence-electron chi connectivity index (χ4n) is 3.63. The zero-order chi connectivity index (χ0) is 20.4. The van der Waals surface area contributed by atoms with Gasteiger partial charge >= 0.3 is 0 Å². The van der Waals surface area contributed by atoms with Crippen molar-refractivity contribution in [3.63, 3.8) is 0 Å². The van der Waals surface area contributed by atoms with Crippen LogP contribution in [-0.4, -0.2) is 30.7 Å². The average molecular weight is 406 g/mol. The number of nitrogens with zero attached hydrogens (tertiary/aromatic N) is 1. The molecule has 0 radical (unpaired) electrons. The Balaban J connectivity index is 1.66. The first kappa shape index (κ1) is 19.3. The minimum absolute atomic E-state index is 0.180. The number of anilines is 2. The summed E-state index contributed by atoms with van der Waals surface area (Å²) in [5.74, 6) is -0.180. The van der Waals surface area contributed by atoms with Crippen LogP contribution >= 0.6 is 11.3 Å². The number of carbonyl (C=O) groups is 1. The van der Waals surface area contributed by atoms with Gasteiger partial charge in [0.25, 0.3) is 5.91 Å². The molecule has 148 valence electrons. The van der Waals surface area contributed by atoms with Gasteiger partial charge in [-0.25, -0.2) is 4.98 Å². The Morgan fingerprint density at radius 3 is 2.69 bits per heavy atom. The predicted molar refractivity (Wildman–Crippen MR) is 120 cm³/mol. The van der Waals surface area contributed by atoms with Gasteiger partial charge in [0, 0.05) is 54.6 Å². The maximum atomic E-state index is 12.8. The molecule has 1 aliphatic rings. The maximum absolute atomic E-state index is 12.8. The Hall–Kier alpha value is -3.03. The van der Waals surface area contributed by atoms with Crippen molar-refractivity contribution in [2.45, 2.75) is 19.9 Å². The van der Waals surface area contributed by atoms with E-state index < -0.39 is 0 Å². The highest BCUT2D eigenvalue weighted by molar-refractivity contribution is 7.13. The van der Waals surface area contributed by atoms with Gasteiger partial charge in [0.15, 0.2) is 5.01 Å². The number of fused-ring (bicyclic) bond motifs is 1. The van der Waals surface area contributed by atoms with Gasteiger partial charge in [-0.05, 0) is 35.7 Å². The van der Waals surface area contributed by atoms with Gasteiger partial charge in [-0.3, -0.25) is 4.79 Å². The third-order valence-electron chi connectivity index (χ3n) is 5.19. The van der Waals surface area contributed by atoms with Crippen molar-refractivity contribution in [2.75, 3.05) is 24.2 Å².